The first-order chi connectivity index (χ1) is 7.54. The van der Waals surface area contributed by atoms with Crippen LogP contribution in [-0.2, 0) is 14.3 Å². The van der Waals surface area contributed by atoms with E-state index in [4.69, 9.17) is 0 Å². The van der Waals surface area contributed by atoms with Crippen molar-refractivity contribution in [1.82, 2.24) is 5.32 Å². The molecule has 1 unspecified atom stereocenters. The Labute approximate surface area is 96.7 Å². The van der Waals surface area contributed by atoms with Crippen molar-refractivity contribution in [3.63, 3.8) is 0 Å². The van der Waals surface area contributed by atoms with E-state index in [1.807, 2.05) is 0 Å². The van der Waals surface area contributed by atoms with Gasteiger partial charge in [-0.15, -0.1) is 0 Å². The second-order valence-corrected chi connectivity index (χ2v) is 4.81. The van der Waals surface area contributed by atoms with Crippen molar-refractivity contribution in [2.24, 2.45) is 17.8 Å². The van der Waals surface area contributed by atoms with Gasteiger partial charge < -0.3 is 10.1 Å². The number of hydrogen-bond acceptors (Lipinski definition) is 3. The lowest BCUT2D eigenvalue weighted by Gasteiger charge is -2.14. The zero-order valence-corrected chi connectivity index (χ0v) is 10.3. The molecule has 0 heterocycles. The van der Waals surface area contributed by atoms with Gasteiger partial charge in [0, 0.05) is 5.92 Å². The molecule has 0 aromatic heterocycles. The fourth-order valence-corrected chi connectivity index (χ4v) is 2.24. The van der Waals surface area contributed by atoms with E-state index in [9.17, 15) is 9.59 Å². The van der Waals surface area contributed by atoms with E-state index in [0.717, 1.165) is 19.3 Å². The highest BCUT2D eigenvalue weighted by Crippen LogP contribution is 2.35. The van der Waals surface area contributed by atoms with Gasteiger partial charge in [0.1, 0.15) is 6.54 Å². The summed E-state index contributed by atoms with van der Waals surface area (Å²) in [4.78, 5) is 22.6. The van der Waals surface area contributed by atoms with Gasteiger partial charge >= 0.3 is 5.97 Å². The average molecular weight is 227 g/mol. The van der Waals surface area contributed by atoms with E-state index in [0.29, 0.717) is 11.8 Å². The van der Waals surface area contributed by atoms with E-state index >= 15 is 0 Å². The summed E-state index contributed by atoms with van der Waals surface area (Å²) in [6, 6.07) is 0. The molecular formula is C12H21NO3. The second kappa shape index (κ2) is 5.87. The van der Waals surface area contributed by atoms with Crippen LogP contribution in [0.4, 0.5) is 0 Å². The van der Waals surface area contributed by atoms with Crippen molar-refractivity contribution in [3.8, 4) is 0 Å². The maximum absolute atomic E-state index is 11.7. The number of ether oxygens (including phenoxy) is 1. The second-order valence-electron chi connectivity index (χ2n) is 4.81. The molecule has 0 aliphatic heterocycles. The molecule has 1 amide bonds. The lowest BCUT2D eigenvalue weighted by molar-refractivity contribution is -0.141. The highest BCUT2D eigenvalue weighted by Gasteiger charge is 2.31. The van der Waals surface area contributed by atoms with Crippen LogP contribution in [0.15, 0.2) is 0 Å². The molecule has 4 nitrogen and oxygen atoms in total. The number of carbonyl (C=O) groups excluding carboxylic acids is 2. The molecule has 1 rings (SSSR count). The lowest BCUT2D eigenvalue weighted by Crippen LogP contribution is -2.34. The summed E-state index contributed by atoms with van der Waals surface area (Å²) >= 11 is 0. The fraction of sp³-hybridized carbons (Fsp3) is 0.833. The fourth-order valence-electron chi connectivity index (χ4n) is 2.24. The molecule has 0 spiro atoms. The van der Waals surface area contributed by atoms with Crippen molar-refractivity contribution in [2.75, 3.05) is 13.7 Å². The van der Waals surface area contributed by atoms with Crippen LogP contribution in [0.5, 0.6) is 0 Å². The topological polar surface area (TPSA) is 55.4 Å². The minimum Gasteiger partial charge on any atom is -0.468 e. The van der Waals surface area contributed by atoms with E-state index in [2.05, 4.69) is 23.9 Å². The van der Waals surface area contributed by atoms with Gasteiger partial charge in [-0.25, -0.2) is 0 Å². The minimum atomic E-state index is -0.397. The molecule has 4 heteroatoms. The van der Waals surface area contributed by atoms with Gasteiger partial charge in [-0.2, -0.15) is 0 Å². The highest BCUT2D eigenvalue weighted by atomic mass is 16.5. The number of methoxy groups -OCH3 is 1. The van der Waals surface area contributed by atoms with Gasteiger partial charge in [0.05, 0.1) is 7.11 Å². The van der Waals surface area contributed by atoms with Crippen molar-refractivity contribution in [3.05, 3.63) is 0 Å². The summed E-state index contributed by atoms with van der Waals surface area (Å²) in [5.74, 6) is 0.963. The molecule has 0 bridgehead atoms. The standard InChI is InChI=1S/C12H21NO3/c1-8(2)9-4-5-10(6-9)12(15)13-7-11(14)16-3/h8-10H,4-7H2,1-3H3,(H,13,15)/t9?,10-/m0/s1. The van der Waals surface area contributed by atoms with Gasteiger partial charge in [0.15, 0.2) is 0 Å². The van der Waals surface area contributed by atoms with Crippen molar-refractivity contribution in [1.29, 1.82) is 0 Å². The Morgan fingerprint density at radius 1 is 1.38 bits per heavy atom. The first kappa shape index (κ1) is 13.0. The molecule has 1 aliphatic rings. The van der Waals surface area contributed by atoms with Crippen molar-refractivity contribution in [2.45, 2.75) is 33.1 Å². The molecular weight excluding hydrogens is 206 g/mol. The van der Waals surface area contributed by atoms with Crippen LogP contribution >= 0.6 is 0 Å². The molecule has 1 aliphatic carbocycles. The van der Waals surface area contributed by atoms with Gasteiger partial charge in [0.25, 0.3) is 0 Å². The predicted molar refractivity (Wildman–Crippen MR) is 60.7 cm³/mol. The molecule has 1 N–H and O–H groups in total. The molecule has 1 saturated carbocycles. The van der Waals surface area contributed by atoms with Crippen LogP contribution in [0.1, 0.15) is 33.1 Å². The third-order valence-electron chi connectivity index (χ3n) is 3.42. The smallest absolute Gasteiger partial charge is 0.325 e. The Kier molecular flexibility index (Phi) is 4.77. The first-order valence-corrected chi connectivity index (χ1v) is 5.89. The zero-order chi connectivity index (χ0) is 12.1. The maximum atomic E-state index is 11.7. The summed E-state index contributed by atoms with van der Waals surface area (Å²) in [6.45, 7) is 4.37. The monoisotopic (exact) mass is 227 g/mol. The zero-order valence-electron chi connectivity index (χ0n) is 10.3. The molecule has 0 aromatic rings. The summed E-state index contributed by atoms with van der Waals surface area (Å²) in [7, 11) is 1.32. The molecule has 1 fully saturated rings. The molecule has 0 aromatic carbocycles. The summed E-state index contributed by atoms with van der Waals surface area (Å²) in [5.41, 5.74) is 0. The first-order valence-electron chi connectivity index (χ1n) is 5.89. The Hall–Kier alpha value is -1.06. The van der Waals surface area contributed by atoms with E-state index in [-0.39, 0.29) is 18.4 Å². The minimum absolute atomic E-state index is 0.00597. The summed E-state index contributed by atoms with van der Waals surface area (Å²) in [5, 5.41) is 2.62. The van der Waals surface area contributed by atoms with Gasteiger partial charge in [-0.1, -0.05) is 13.8 Å². The third kappa shape index (κ3) is 3.51. The summed E-state index contributed by atoms with van der Waals surface area (Å²) < 4.78 is 4.47. The highest BCUT2D eigenvalue weighted by molar-refractivity contribution is 5.83. The predicted octanol–water partition coefficient (Wildman–Crippen LogP) is 1.35. The number of hydrogen-bond donors (Lipinski definition) is 1. The van der Waals surface area contributed by atoms with Gasteiger partial charge in [0.2, 0.25) is 5.91 Å². The third-order valence-corrected chi connectivity index (χ3v) is 3.42. The van der Waals surface area contributed by atoms with Crippen molar-refractivity contribution < 1.29 is 14.3 Å². The van der Waals surface area contributed by atoms with Gasteiger partial charge in [-0.3, -0.25) is 9.59 Å². The number of rotatable bonds is 4. The van der Waals surface area contributed by atoms with E-state index < -0.39 is 5.97 Å². The molecule has 16 heavy (non-hydrogen) atoms. The van der Waals surface area contributed by atoms with Gasteiger partial charge in [-0.05, 0) is 31.1 Å². The van der Waals surface area contributed by atoms with Crippen LogP contribution in [-0.4, -0.2) is 25.5 Å². The normalized spacial score (nSPS) is 24.5. The van der Waals surface area contributed by atoms with E-state index in [1.165, 1.54) is 7.11 Å². The Morgan fingerprint density at radius 3 is 2.56 bits per heavy atom. The SMILES string of the molecule is COC(=O)CNC(=O)[C@H]1CCC(C(C)C)C1. The Bertz CT molecular complexity index is 263. The van der Waals surface area contributed by atoms with Crippen LogP contribution in [0, 0.1) is 17.8 Å². The quantitative estimate of drug-likeness (QED) is 0.737. The maximum Gasteiger partial charge on any atom is 0.325 e. The van der Waals surface area contributed by atoms with Crippen LogP contribution < -0.4 is 5.32 Å². The van der Waals surface area contributed by atoms with Crippen LogP contribution in [0.2, 0.25) is 0 Å². The number of nitrogens with one attached hydrogen (secondary N) is 1. The Morgan fingerprint density at radius 2 is 2.06 bits per heavy atom. The van der Waals surface area contributed by atoms with Crippen LogP contribution in [0.3, 0.4) is 0 Å². The number of esters is 1. The number of amides is 1. The van der Waals surface area contributed by atoms with E-state index in [1.54, 1.807) is 0 Å². The Balaban J connectivity index is 2.31. The largest absolute Gasteiger partial charge is 0.468 e. The van der Waals surface area contributed by atoms with Crippen LogP contribution in [0.25, 0.3) is 0 Å². The molecule has 0 radical (unpaired) electrons. The molecule has 0 saturated heterocycles. The molecule has 2 atom stereocenters. The summed E-state index contributed by atoms with van der Waals surface area (Å²) in [6.07, 6.45) is 3.01. The lowest BCUT2D eigenvalue weighted by atomic mass is 9.93. The van der Waals surface area contributed by atoms with Crippen molar-refractivity contribution >= 4 is 11.9 Å². The molecule has 92 valence electrons. The number of carbonyl (C=O) groups is 2. The average Bonchev–Trinajstić information content (AvgIpc) is 2.74.